The molecule has 0 saturated heterocycles. The molecule has 190 valence electrons. The Morgan fingerprint density at radius 3 is 2.54 bits per heavy atom. The summed E-state index contributed by atoms with van der Waals surface area (Å²) in [7, 11) is 5.49. The van der Waals surface area contributed by atoms with E-state index in [9.17, 15) is 5.26 Å². The van der Waals surface area contributed by atoms with E-state index in [1.54, 1.807) is 32.2 Å². The highest BCUT2D eigenvalue weighted by Crippen LogP contribution is 2.45. The van der Waals surface area contributed by atoms with Gasteiger partial charge in [-0.3, -0.25) is 4.98 Å². The highest BCUT2D eigenvalue weighted by Gasteiger charge is 2.34. The number of fused-ring (bicyclic) bond motifs is 1. The van der Waals surface area contributed by atoms with Crippen LogP contribution in [0.5, 0.6) is 11.5 Å². The molecule has 1 atom stereocenters. The zero-order valence-corrected chi connectivity index (χ0v) is 22.5. The van der Waals surface area contributed by atoms with Crippen LogP contribution >= 0.6 is 11.8 Å². The molecule has 0 bridgehead atoms. The van der Waals surface area contributed by atoms with E-state index in [-0.39, 0.29) is 0 Å². The summed E-state index contributed by atoms with van der Waals surface area (Å²) in [6.45, 7) is 1.82. The molecular formula is C31H33N3O2S. The third kappa shape index (κ3) is 6.43. The predicted molar refractivity (Wildman–Crippen MR) is 151 cm³/mol. The minimum absolute atomic E-state index is 0.700. The van der Waals surface area contributed by atoms with Gasteiger partial charge in [-0.1, -0.05) is 54.2 Å². The van der Waals surface area contributed by atoms with Crippen LogP contribution in [0.2, 0.25) is 0 Å². The first-order valence-electron chi connectivity index (χ1n) is 12.5. The second-order valence-electron chi connectivity index (χ2n) is 9.07. The van der Waals surface area contributed by atoms with Crippen molar-refractivity contribution in [2.45, 2.75) is 28.9 Å². The SMILES string of the molecule is COc1cccc(C(C#N)(CCCN(C)CCc2ccc(OC)c3ncccc23)Sc2ccccc2)c1. The molecule has 0 aliphatic carbocycles. The molecule has 5 nitrogen and oxygen atoms in total. The van der Waals surface area contributed by atoms with Gasteiger partial charge >= 0.3 is 0 Å². The molecule has 3 aromatic carbocycles. The molecule has 1 heterocycles. The Labute approximate surface area is 224 Å². The number of aromatic nitrogens is 1. The first kappa shape index (κ1) is 26.5. The third-order valence-corrected chi connectivity index (χ3v) is 8.01. The zero-order valence-electron chi connectivity index (χ0n) is 21.7. The molecule has 0 saturated carbocycles. The summed E-state index contributed by atoms with van der Waals surface area (Å²) in [5.74, 6) is 1.57. The Balaban J connectivity index is 1.44. The molecule has 6 heteroatoms. The van der Waals surface area contributed by atoms with E-state index in [0.29, 0.717) is 0 Å². The van der Waals surface area contributed by atoms with Crippen LogP contribution in [0.15, 0.2) is 90.0 Å². The maximum absolute atomic E-state index is 10.5. The normalized spacial score (nSPS) is 12.7. The van der Waals surface area contributed by atoms with Gasteiger partial charge in [0.2, 0.25) is 0 Å². The van der Waals surface area contributed by atoms with Crippen molar-refractivity contribution in [1.82, 2.24) is 9.88 Å². The Morgan fingerprint density at radius 1 is 0.946 bits per heavy atom. The number of rotatable bonds is 12. The van der Waals surface area contributed by atoms with Gasteiger partial charge in [0.15, 0.2) is 0 Å². The van der Waals surface area contributed by atoms with E-state index in [1.165, 1.54) is 5.56 Å². The van der Waals surface area contributed by atoms with Crippen molar-refractivity contribution in [3.8, 4) is 17.6 Å². The van der Waals surface area contributed by atoms with E-state index in [1.807, 2.05) is 54.6 Å². The van der Waals surface area contributed by atoms with Gasteiger partial charge in [0, 0.05) is 23.0 Å². The number of hydrogen-bond acceptors (Lipinski definition) is 6. The number of hydrogen-bond donors (Lipinski definition) is 0. The summed E-state index contributed by atoms with van der Waals surface area (Å²) >= 11 is 1.62. The molecule has 0 N–H and O–H groups in total. The molecule has 0 aliphatic heterocycles. The molecule has 0 amide bonds. The van der Waals surface area contributed by atoms with Crippen LogP contribution in [0.3, 0.4) is 0 Å². The van der Waals surface area contributed by atoms with Crippen LogP contribution < -0.4 is 9.47 Å². The number of methoxy groups -OCH3 is 2. The average molecular weight is 512 g/mol. The van der Waals surface area contributed by atoms with Gasteiger partial charge < -0.3 is 14.4 Å². The highest BCUT2D eigenvalue weighted by atomic mass is 32.2. The topological polar surface area (TPSA) is 58.4 Å². The lowest BCUT2D eigenvalue weighted by Crippen LogP contribution is -2.26. The molecule has 37 heavy (non-hydrogen) atoms. The zero-order chi connectivity index (χ0) is 26.1. The van der Waals surface area contributed by atoms with Crippen molar-refractivity contribution in [1.29, 1.82) is 5.26 Å². The number of pyridine rings is 1. The van der Waals surface area contributed by atoms with Gasteiger partial charge in [-0.05, 0) is 80.4 Å². The quantitative estimate of drug-likeness (QED) is 0.197. The lowest BCUT2D eigenvalue weighted by Gasteiger charge is -2.28. The van der Waals surface area contributed by atoms with Gasteiger partial charge in [0.25, 0.3) is 0 Å². The van der Waals surface area contributed by atoms with Crippen LogP contribution in [0.1, 0.15) is 24.0 Å². The van der Waals surface area contributed by atoms with E-state index in [4.69, 9.17) is 9.47 Å². The van der Waals surface area contributed by atoms with Crippen molar-refractivity contribution in [3.63, 3.8) is 0 Å². The summed E-state index contributed by atoms with van der Waals surface area (Å²) in [4.78, 5) is 7.94. The number of benzene rings is 3. The van der Waals surface area contributed by atoms with E-state index < -0.39 is 4.75 Å². The Morgan fingerprint density at radius 2 is 1.78 bits per heavy atom. The largest absolute Gasteiger partial charge is 0.497 e. The molecule has 0 fully saturated rings. The first-order valence-corrected chi connectivity index (χ1v) is 13.3. The number of ether oxygens (including phenoxy) is 2. The van der Waals surface area contributed by atoms with Crippen molar-refractivity contribution >= 4 is 22.7 Å². The fourth-order valence-electron chi connectivity index (χ4n) is 4.57. The molecule has 4 rings (SSSR count). The Hall–Kier alpha value is -3.53. The standard InChI is InChI=1S/C31H33N3O2S/c1-34(21-17-24-15-16-29(36-3)30-28(24)14-8-19-33-30)20-9-18-31(23-32,37-27-12-5-4-6-13-27)25-10-7-11-26(22-25)35-2/h4-8,10-16,19,22H,9,17-18,20-21H2,1-3H3. The summed E-state index contributed by atoms with van der Waals surface area (Å²) in [5.41, 5.74) is 3.14. The van der Waals surface area contributed by atoms with Crippen molar-refractivity contribution in [3.05, 3.63) is 96.2 Å². The monoisotopic (exact) mass is 511 g/mol. The van der Waals surface area contributed by atoms with Crippen LogP contribution in [-0.4, -0.2) is 44.2 Å². The predicted octanol–water partition coefficient (Wildman–Crippen LogP) is 6.72. The smallest absolute Gasteiger partial charge is 0.145 e. The minimum Gasteiger partial charge on any atom is -0.497 e. The molecule has 4 aromatic rings. The lowest BCUT2D eigenvalue weighted by molar-refractivity contribution is 0.326. The first-order chi connectivity index (χ1) is 18.1. The molecule has 0 radical (unpaired) electrons. The lowest BCUT2D eigenvalue weighted by atomic mass is 9.94. The highest BCUT2D eigenvalue weighted by molar-refractivity contribution is 8.00. The van der Waals surface area contributed by atoms with Crippen LogP contribution in [0, 0.1) is 11.3 Å². The molecule has 1 aromatic heterocycles. The third-order valence-electron chi connectivity index (χ3n) is 6.63. The number of nitriles is 1. The van der Waals surface area contributed by atoms with Gasteiger partial charge in [-0.15, -0.1) is 0 Å². The molecule has 0 aliphatic rings. The summed E-state index contributed by atoms with van der Waals surface area (Å²) in [6.07, 6.45) is 4.35. The number of nitrogens with zero attached hydrogens (tertiary/aromatic N) is 3. The maximum Gasteiger partial charge on any atom is 0.145 e. The fraction of sp³-hybridized carbons (Fsp3) is 0.290. The van der Waals surface area contributed by atoms with Gasteiger partial charge in [0.05, 0.1) is 20.3 Å². The summed E-state index contributed by atoms with van der Waals surface area (Å²) < 4.78 is 10.3. The van der Waals surface area contributed by atoms with Gasteiger partial charge in [-0.25, -0.2) is 0 Å². The van der Waals surface area contributed by atoms with Gasteiger partial charge in [-0.2, -0.15) is 5.26 Å². The van der Waals surface area contributed by atoms with Crippen molar-refractivity contribution in [2.24, 2.45) is 0 Å². The molecule has 1 unspecified atom stereocenters. The molecule has 0 spiro atoms. The maximum atomic E-state index is 10.5. The van der Waals surface area contributed by atoms with Gasteiger partial charge in [0.1, 0.15) is 21.8 Å². The summed E-state index contributed by atoms with van der Waals surface area (Å²) in [5, 5.41) is 11.6. The Bertz CT molecular complexity index is 1360. The minimum atomic E-state index is -0.700. The Kier molecular flexibility index (Phi) is 9.05. The summed E-state index contributed by atoms with van der Waals surface area (Å²) in [6, 6.07) is 29.0. The second-order valence-corrected chi connectivity index (χ2v) is 10.4. The fourth-order valence-corrected chi connectivity index (χ4v) is 5.80. The molecular weight excluding hydrogens is 478 g/mol. The van der Waals surface area contributed by atoms with E-state index in [0.717, 1.165) is 65.2 Å². The van der Waals surface area contributed by atoms with Crippen LogP contribution in [0.25, 0.3) is 10.9 Å². The van der Waals surface area contributed by atoms with Crippen LogP contribution in [0.4, 0.5) is 0 Å². The second kappa shape index (κ2) is 12.6. The van der Waals surface area contributed by atoms with E-state index in [2.05, 4.69) is 47.3 Å². The van der Waals surface area contributed by atoms with Crippen LogP contribution in [-0.2, 0) is 11.2 Å². The van der Waals surface area contributed by atoms with E-state index >= 15 is 0 Å². The number of thioether (sulfide) groups is 1. The van der Waals surface area contributed by atoms with Crippen molar-refractivity contribution < 1.29 is 9.47 Å². The average Bonchev–Trinajstić information content (AvgIpc) is 2.95. The van der Waals surface area contributed by atoms with Crippen molar-refractivity contribution in [2.75, 3.05) is 34.4 Å². The number of likely N-dealkylation sites (N-methyl/N-ethyl adjacent to an activating group) is 1.